The number of carbonyl (C=O) groups excluding carboxylic acids is 1. The van der Waals surface area contributed by atoms with Gasteiger partial charge in [0.15, 0.2) is 5.82 Å². The summed E-state index contributed by atoms with van der Waals surface area (Å²) >= 11 is 0. The van der Waals surface area contributed by atoms with E-state index < -0.39 is 0 Å². The summed E-state index contributed by atoms with van der Waals surface area (Å²) in [7, 11) is 0. The third-order valence-electron chi connectivity index (χ3n) is 4.63. The fraction of sp³-hybridized carbons (Fsp3) is 0.136. The Morgan fingerprint density at radius 1 is 0.963 bits per heavy atom. The first-order chi connectivity index (χ1) is 13.0. The van der Waals surface area contributed by atoms with Crippen molar-refractivity contribution < 1.29 is 9.32 Å². The van der Waals surface area contributed by atoms with Gasteiger partial charge < -0.3 is 9.84 Å². The zero-order valence-electron chi connectivity index (χ0n) is 15.4. The molecule has 1 N–H and O–H groups in total. The van der Waals surface area contributed by atoms with Crippen molar-refractivity contribution in [3.05, 3.63) is 77.0 Å². The molecule has 5 heteroatoms. The average Bonchev–Trinajstić information content (AvgIpc) is 3.07. The lowest BCUT2D eigenvalue weighted by atomic mass is 10.0. The Kier molecular flexibility index (Phi) is 4.20. The van der Waals surface area contributed by atoms with Gasteiger partial charge in [0.05, 0.1) is 16.8 Å². The molecule has 5 nitrogen and oxygen atoms in total. The van der Waals surface area contributed by atoms with Gasteiger partial charge in [0.1, 0.15) is 5.76 Å². The lowest BCUT2D eigenvalue weighted by molar-refractivity contribution is 0.102. The van der Waals surface area contributed by atoms with Crippen LogP contribution in [0.2, 0.25) is 0 Å². The Labute approximate surface area is 157 Å². The predicted molar refractivity (Wildman–Crippen MR) is 106 cm³/mol. The van der Waals surface area contributed by atoms with Crippen LogP contribution in [0.1, 0.15) is 27.2 Å². The number of anilines is 1. The molecule has 0 bridgehead atoms. The minimum absolute atomic E-state index is 0.244. The fourth-order valence-electron chi connectivity index (χ4n) is 3.02. The number of rotatable bonds is 3. The normalized spacial score (nSPS) is 10.9. The van der Waals surface area contributed by atoms with E-state index >= 15 is 0 Å². The molecule has 4 rings (SSSR count). The van der Waals surface area contributed by atoms with E-state index in [4.69, 9.17) is 9.51 Å². The van der Waals surface area contributed by atoms with Gasteiger partial charge in [0.2, 0.25) is 0 Å². The summed E-state index contributed by atoms with van der Waals surface area (Å²) in [5.41, 5.74) is 5.48. The van der Waals surface area contributed by atoms with Crippen LogP contribution >= 0.6 is 0 Å². The Morgan fingerprint density at radius 2 is 1.78 bits per heavy atom. The summed E-state index contributed by atoms with van der Waals surface area (Å²) in [6.07, 6.45) is 0. The molecule has 0 spiro atoms. The van der Waals surface area contributed by atoms with Gasteiger partial charge in [0.25, 0.3) is 5.91 Å². The molecule has 0 fully saturated rings. The minimum Gasteiger partial charge on any atom is -0.360 e. The number of fused-ring (bicyclic) bond motifs is 1. The molecule has 0 unspecified atom stereocenters. The standard InChI is InChI=1S/C22H19N3O2/c1-13-8-9-16(10-14(13)2)20-12-18(17-6-4-5-7-19(17)23-20)22(26)24-21-11-15(3)27-25-21/h4-12H,1-3H3,(H,24,25,26). The Bertz CT molecular complexity index is 1160. The maximum atomic E-state index is 12.9. The second-order valence-electron chi connectivity index (χ2n) is 6.65. The van der Waals surface area contributed by atoms with E-state index in [9.17, 15) is 4.79 Å². The van der Waals surface area contributed by atoms with Crippen LogP contribution in [0.5, 0.6) is 0 Å². The molecular formula is C22H19N3O2. The quantitative estimate of drug-likeness (QED) is 0.556. The van der Waals surface area contributed by atoms with Gasteiger partial charge in [0, 0.05) is 17.0 Å². The first-order valence-electron chi connectivity index (χ1n) is 8.73. The Hall–Kier alpha value is -3.47. The molecule has 0 aliphatic rings. The van der Waals surface area contributed by atoms with E-state index in [0.29, 0.717) is 17.1 Å². The number of hydrogen-bond donors (Lipinski definition) is 1. The maximum Gasteiger partial charge on any atom is 0.257 e. The Morgan fingerprint density at radius 3 is 2.52 bits per heavy atom. The zero-order chi connectivity index (χ0) is 19.0. The van der Waals surface area contributed by atoms with Crippen molar-refractivity contribution in [3.63, 3.8) is 0 Å². The van der Waals surface area contributed by atoms with Crippen LogP contribution < -0.4 is 5.32 Å². The number of amides is 1. The largest absolute Gasteiger partial charge is 0.360 e. The van der Waals surface area contributed by atoms with Crippen molar-refractivity contribution in [2.24, 2.45) is 0 Å². The van der Waals surface area contributed by atoms with Crippen molar-refractivity contribution in [2.75, 3.05) is 5.32 Å². The van der Waals surface area contributed by atoms with Gasteiger partial charge in [-0.05, 0) is 50.1 Å². The van der Waals surface area contributed by atoms with Crippen LogP contribution in [0.25, 0.3) is 22.2 Å². The van der Waals surface area contributed by atoms with Crippen LogP contribution in [0, 0.1) is 20.8 Å². The van der Waals surface area contributed by atoms with Gasteiger partial charge in [-0.2, -0.15) is 0 Å². The van der Waals surface area contributed by atoms with Crippen LogP contribution in [-0.2, 0) is 0 Å². The van der Waals surface area contributed by atoms with Crippen molar-refractivity contribution in [3.8, 4) is 11.3 Å². The highest BCUT2D eigenvalue weighted by Crippen LogP contribution is 2.27. The summed E-state index contributed by atoms with van der Waals surface area (Å²) in [6, 6.07) is 17.3. The van der Waals surface area contributed by atoms with Gasteiger partial charge in [-0.15, -0.1) is 0 Å². The lowest BCUT2D eigenvalue weighted by Gasteiger charge is -2.10. The molecule has 1 amide bonds. The number of benzene rings is 2. The number of aryl methyl sites for hydroxylation is 3. The predicted octanol–water partition coefficient (Wildman–Crippen LogP) is 5.07. The van der Waals surface area contributed by atoms with E-state index in [-0.39, 0.29) is 5.91 Å². The number of hydrogen-bond acceptors (Lipinski definition) is 4. The van der Waals surface area contributed by atoms with Gasteiger partial charge in [-0.3, -0.25) is 4.79 Å². The molecule has 0 aliphatic heterocycles. The SMILES string of the molecule is Cc1cc(NC(=O)c2cc(-c3ccc(C)c(C)c3)nc3ccccc23)no1. The molecule has 0 aliphatic carbocycles. The van der Waals surface area contributed by atoms with Crippen LogP contribution in [0.4, 0.5) is 5.82 Å². The monoisotopic (exact) mass is 357 g/mol. The first-order valence-corrected chi connectivity index (χ1v) is 8.73. The van der Waals surface area contributed by atoms with Gasteiger partial charge >= 0.3 is 0 Å². The summed E-state index contributed by atoms with van der Waals surface area (Å²) in [6.45, 7) is 5.93. The molecule has 0 saturated heterocycles. The minimum atomic E-state index is -0.244. The lowest BCUT2D eigenvalue weighted by Crippen LogP contribution is -2.13. The third-order valence-corrected chi connectivity index (χ3v) is 4.63. The maximum absolute atomic E-state index is 12.9. The highest BCUT2D eigenvalue weighted by molar-refractivity contribution is 6.12. The van der Waals surface area contributed by atoms with Crippen LogP contribution in [0.15, 0.2) is 59.1 Å². The molecule has 2 aromatic heterocycles. The highest BCUT2D eigenvalue weighted by Gasteiger charge is 2.15. The Balaban J connectivity index is 1.83. The van der Waals surface area contributed by atoms with E-state index in [0.717, 1.165) is 22.2 Å². The highest BCUT2D eigenvalue weighted by atomic mass is 16.5. The summed E-state index contributed by atoms with van der Waals surface area (Å²) in [5, 5.41) is 7.43. The molecule has 27 heavy (non-hydrogen) atoms. The number of carbonyl (C=O) groups is 1. The molecule has 2 aromatic carbocycles. The topological polar surface area (TPSA) is 68.0 Å². The first kappa shape index (κ1) is 17.0. The zero-order valence-corrected chi connectivity index (χ0v) is 15.4. The summed E-state index contributed by atoms with van der Waals surface area (Å²) in [4.78, 5) is 17.7. The van der Waals surface area contributed by atoms with E-state index in [1.54, 1.807) is 13.0 Å². The van der Waals surface area contributed by atoms with Crippen molar-refractivity contribution in [1.82, 2.24) is 10.1 Å². The second kappa shape index (κ2) is 6.68. The number of pyridine rings is 1. The van der Waals surface area contributed by atoms with Gasteiger partial charge in [-0.25, -0.2) is 4.98 Å². The van der Waals surface area contributed by atoms with Crippen LogP contribution in [-0.4, -0.2) is 16.0 Å². The average molecular weight is 357 g/mol. The number of aromatic nitrogens is 2. The molecular weight excluding hydrogens is 338 g/mol. The number of nitrogens with one attached hydrogen (secondary N) is 1. The second-order valence-corrected chi connectivity index (χ2v) is 6.65. The molecule has 4 aromatic rings. The van der Waals surface area contributed by atoms with Crippen LogP contribution in [0.3, 0.4) is 0 Å². The van der Waals surface area contributed by atoms with Crippen molar-refractivity contribution in [2.45, 2.75) is 20.8 Å². The smallest absolute Gasteiger partial charge is 0.257 e. The van der Waals surface area contributed by atoms with Gasteiger partial charge in [-0.1, -0.05) is 35.5 Å². The number of nitrogens with zero attached hydrogens (tertiary/aromatic N) is 2. The molecule has 0 saturated carbocycles. The van der Waals surface area contributed by atoms with E-state index in [1.165, 1.54) is 11.1 Å². The molecule has 0 atom stereocenters. The van der Waals surface area contributed by atoms with Crippen molar-refractivity contribution in [1.29, 1.82) is 0 Å². The van der Waals surface area contributed by atoms with E-state index in [1.807, 2.05) is 36.4 Å². The molecule has 2 heterocycles. The summed E-state index contributed by atoms with van der Waals surface area (Å²) < 4.78 is 5.03. The number of para-hydroxylation sites is 1. The molecule has 134 valence electrons. The fourth-order valence-corrected chi connectivity index (χ4v) is 3.02. The van der Waals surface area contributed by atoms with Crippen molar-refractivity contribution >= 4 is 22.6 Å². The summed E-state index contributed by atoms with van der Waals surface area (Å²) in [5.74, 6) is 0.791. The molecule has 0 radical (unpaired) electrons. The third kappa shape index (κ3) is 3.31. The van der Waals surface area contributed by atoms with E-state index in [2.05, 4.69) is 36.5 Å².